The number of aromatic amines is 1. The molecule has 212 valence electrons. The Kier molecular flexibility index (Phi) is 8.95. The quantitative estimate of drug-likeness (QED) is 0.244. The first-order valence-electron chi connectivity index (χ1n) is 13.2. The molecule has 3 heterocycles. The fourth-order valence-electron chi connectivity index (χ4n) is 4.81. The van der Waals surface area contributed by atoms with Crippen LogP contribution in [0.2, 0.25) is 10.2 Å². The molecule has 0 aliphatic carbocycles. The fraction of sp³-hybridized carbons (Fsp3) is 0.286. The van der Waals surface area contributed by atoms with Gasteiger partial charge < -0.3 is 15.0 Å². The smallest absolute Gasteiger partial charge is 0.411 e. The molecule has 0 radical (unpaired) electrons. The molecule has 2 aromatic heterocycles. The molecule has 0 saturated heterocycles. The fourth-order valence-corrected chi connectivity index (χ4v) is 5.23. The Labute approximate surface area is 246 Å². The number of fused-ring (bicyclic) bond motifs is 4. The molecule has 3 N–H and O–H groups in total. The summed E-state index contributed by atoms with van der Waals surface area (Å²) in [6.45, 7) is 0. The van der Waals surface area contributed by atoms with Gasteiger partial charge in [0, 0.05) is 27.9 Å². The predicted octanol–water partition coefficient (Wildman–Crippen LogP) is 5.91. The Hall–Kier alpha value is -4.22. The molecule has 1 aliphatic rings. The molecule has 2 bridgehead atoms. The lowest BCUT2D eigenvalue weighted by atomic mass is 9.97. The first-order chi connectivity index (χ1) is 19.9. The third-order valence-electron chi connectivity index (χ3n) is 6.81. The van der Waals surface area contributed by atoms with E-state index in [-0.39, 0.29) is 11.9 Å². The Morgan fingerprint density at radius 1 is 1.12 bits per heavy atom. The van der Waals surface area contributed by atoms with Crippen molar-refractivity contribution in [1.82, 2.24) is 35.5 Å². The number of tetrazole rings is 1. The molecule has 0 spiro atoms. The highest BCUT2D eigenvalue weighted by molar-refractivity contribution is 6.32. The molecule has 1 aliphatic heterocycles. The second-order valence-electron chi connectivity index (χ2n) is 9.58. The average Bonchev–Trinajstić information content (AvgIpc) is 3.63. The number of carbonyl (C=O) groups is 2. The van der Waals surface area contributed by atoms with Crippen LogP contribution >= 0.6 is 23.2 Å². The van der Waals surface area contributed by atoms with E-state index in [9.17, 15) is 9.59 Å². The van der Waals surface area contributed by atoms with Crippen LogP contribution in [-0.2, 0) is 16.0 Å². The predicted molar refractivity (Wildman–Crippen MR) is 156 cm³/mol. The summed E-state index contributed by atoms with van der Waals surface area (Å²) in [6.07, 6.45) is 9.45. The van der Waals surface area contributed by atoms with Crippen LogP contribution in [0.15, 0.2) is 48.8 Å². The third-order valence-corrected chi connectivity index (χ3v) is 7.31. The molecule has 0 fully saturated rings. The second kappa shape index (κ2) is 13.0. The molecule has 13 heteroatoms. The first kappa shape index (κ1) is 28.3. The highest BCUT2D eigenvalue weighted by Crippen LogP contribution is 2.34. The van der Waals surface area contributed by atoms with Gasteiger partial charge in [-0.15, -0.1) is 5.10 Å². The van der Waals surface area contributed by atoms with Crippen molar-refractivity contribution in [3.8, 4) is 16.9 Å². The molecule has 41 heavy (non-hydrogen) atoms. The summed E-state index contributed by atoms with van der Waals surface area (Å²) in [7, 11) is 1.32. The maximum absolute atomic E-state index is 13.1. The maximum Gasteiger partial charge on any atom is 0.411 e. The van der Waals surface area contributed by atoms with Crippen molar-refractivity contribution in [3.63, 3.8) is 0 Å². The van der Waals surface area contributed by atoms with Gasteiger partial charge in [0.2, 0.25) is 5.91 Å². The number of hydrogen-bond acceptors (Lipinski definition) is 7. The van der Waals surface area contributed by atoms with Crippen LogP contribution in [0, 0.1) is 0 Å². The van der Waals surface area contributed by atoms with Gasteiger partial charge in [0.25, 0.3) is 0 Å². The zero-order chi connectivity index (χ0) is 28.8. The molecule has 0 saturated carbocycles. The number of benzene rings is 2. The number of aryl methyl sites for hydroxylation is 1. The van der Waals surface area contributed by atoms with Crippen molar-refractivity contribution in [2.75, 3.05) is 12.4 Å². The molecular formula is C28H28Cl2N8O3. The van der Waals surface area contributed by atoms with E-state index in [4.69, 9.17) is 32.9 Å². The SMILES string of the molecule is COC(=O)Nc1ccc2c(c1)CCCCCCC(NC(=O)/C=C/c1cc(Cl)ccc1-n1cnnn1)c1nc-2c(Cl)[nH]1. The maximum atomic E-state index is 13.1. The lowest BCUT2D eigenvalue weighted by Gasteiger charge is -2.17. The number of carbonyl (C=O) groups excluding carboxylic acids is 2. The van der Waals surface area contributed by atoms with Crippen LogP contribution in [0.1, 0.15) is 55.1 Å². The van der Waals surface area contributed by atoms with Gasteiger partial charge in [0.1, 0.15) is 23.0 Å². The van der Waals surface area contributed by atoms with Gasteiger partial charge in [-0.25, -0.2) is 9.78 Å². The topological polar surface area (TPSA) is 140 Å². The number of aromatic nitrogens is 6. The monoisotopic (exact) mass is 594 g/mol. The number of imidazole rings is 1. The van der Waals surface area contributed by atoms with E-state index in [1.165, 1.54) is 24.2 Å². The van der Waals surface area contributed by atoms with E-state index >= 15 is 0 Å². The second-order valence-corrected chi connectivity index (χ2v) is 10.4. The van der Waals surface area contributed by atoms with Crippen LogP contribution in [-0.4, -0.2) is 49.3 Å². The normalized spacial score (nSPS) is 15.4. The van der Waals surface area contributed by atoms with Crippen molar-refractivity contribution in [2.24, 2.45) is 0 Å². The van der Waals surface area contributed by atoms with Crippen molar-refractivity contribution < 1.29 is 14.3 Å². The Balaban J connectivity index is 1.39. The summed E-state index contributed by atoms with van der Waals surface area (Å²) in [6, 6.07) is 10.5. The highest BCUT2D eigenvalue weighted by atomic mass is 35.5. The van der Waals surface area contributed by atoms with Gasteiger partial charge in [-0.2, -0.15) is 4.68 Å². The van der Waals surface area contributed by atoms with Crippen molar-refractivity contribution in [3.05, 3.63) is 75.9 Å². The number of nitrogens with zero attached hydrogens (tertiary/aromatic N) is 5. The molecule has 1 atom stereocenters. The molecular weight excluding hydrogens is 567 g/mol. The van der Waals surface area contributed by atoms with Gasteiger partial charge in [0.15, 0.2) is 0 Å². The number of methoxy groups -OCH3 is 1. The minimum absolute atomic E-state index is 0.294. The van der Waals surface area contributed by atoms with Crippen LogP contribution in [0.4, 0.5) is 10.5 Å². The molecule has 2 aromatic carbocycles. The lowest BCUT2D eigenvalue weighted by molar-refractivity contribution is -0.117. The van der Waals surface area contributed by atoms with E-state index in [2.05, 4.69) is 31.1 Å². The van der Waals surface area contributed by atoms with Crippen molar-refractivity contribution in [2.45, 2.75) is 44.6 Å². The number of anilines is 1. The Morgan fingerprint density at radius 2 is 1.98 bits per heavy atom. The summed E-state index contributed by atoms with van der Waals surface area (Å²) in [5, 5.41) is 18.0. The zero-order valence-corrected chi connectivity index (χ0v) is 23.7. The van der Waals surface area contributed by atoms with Gasteiger partial charge in [-0.3, -0.25) is 10.1 Å². The van der Waals surface area contributed by atoms with E-state index < -0.39 is 6.09 Å². The summed E-state index contributed by atoms with van der Waals surface area (Å²) >= 11 is 12.9. The van der Waals surface area contributed by atoms with Crippen LogP contribution < -0.4 is 10.6 Å². The summed E-state index contributed by atoms with van der Waals surface area (Å²) in [5.41, 5.74) is 4.48. The Morgan fingerprint density at radius 3 is 2.78 bits per heavy atom. The third kappa shape index (κ3) is 6.93. The minimum atomic E-state index is -0.534. The number of nitrogens with one attached hydrogen (secondary N) is 3. The first-order valence-corrected chi connectivity index (χ1v) is 13.9. The van der Waals surface area contributed by atoms with Gasteiger partial charge in [0.05, 0.1) is 18.8 Å². The van der Waals surface area contributed by atoms with E-state index in [0.29, 0.717) is 45.1 Å². The summed E-state index contributed by atoms with van der Waals surface area (Å²) < 4.78 is 6.22. The largest absolute Gasteiger partial charge is 0.453 e. The van der Waals surface area contributed by atoms with Gasteiger partial charge >= 0.3 is 6.09 Å². The van der Waals surface area contributed by atoms with Crippen LogP contribution in [0.25, 0.3) is 23.0 Å². The number of ether oxygens (including phenoxy) is 1. The molecule has 5 rings (SSSR count). The highest BCUT2D eigenvalue weighted by Gasteiger charge is 2.22. The van der Waals surface area contributed by atoms with E-state index in [0.717, 1.165) is 43.2 Å². The molecule has 1 unspecified atom stereocenters. The van der Waals surface area contributed by atoms with E-state index in [1.54, 1.807) is 30.3 Å². The van der Waals surface area contributed by atoms with Crippen molar-refractivity contribution in [1.29, 1.82) is 0 Å². The van der Waals surface area contributed by atoms with Crippen LogP contribution in [0.5, 0.6) is 0 Å². The number of halogens is 2. The number of rotatable bonds is 5. The lowest BCUT2D eigenvalue weighted by Crippen LogP contribution is -2.27. The minimum Gasteiger partial charge on any atom is -0.453 e. The number of H-pyrrole nitrogens is 1. The Bertz CT molecular complexity index is 1570. The van der Waals surface area contributed by atoms with E-state index in [1.807, 2.05) is 12.1 Å². The number of hydrogen-bond donors (Lipinski definition) is 3. The average molecular weight is 595 g/mol. The molecule has 4 aromatic rings. The molecule has 11 nitrogen and oxygen atoms in total. The number of amides is 2. The summed E-state index contributed by atoms with van der Waals surface area (Å²) in [5.74, 6) is 0.282. The summed E-state index contributed by atoms with van der Waals surface area (Å²) in [4.78, 5) is 32.8. The zero-order valence-electron chi connectivity index (χ0n) is 22.2. The van der Waals surface area contributed by atoms with Gasteiger partial charge in [-0.05, 0) is 71.7 Å². The van der Waals surface area contributed by atoms with Gasteiger partial charge in [-0.1, -0.05) is 48.5 Å². The van der Waals surface area contributed by atoms with Crippen LogP contribution in [0.3, 0.4) is 0 Å². The molecule has 2 amide bonds. The van der Waals surface area contributed by atoms with Crippen molar-refractivity contribution >= 4 is 47.0 Å². The standard InChI is InChI=1S/C28H28Cl2N8O3/c1-41-28(40)32-20-10-11-21-17(15-20)6-4-2-3-5-7-22(27-34-25(21)26(30)35-27)33-24(39)13-8-18-14-19(29)9-12-23(18)38-16-31-36-37-38/h8-16,22H,2-7H2,1H3,(H,32,40)(H,33,39)(H,34,35)/b13-8+.